The molecule has 0 bridgehead atoms. The molecule has 6 rings (SSSR count). The summed E-state index contributed by atoms with van der Waals surface area (Å²) in [7, 11) is 3.98. The molecule has 9 nitrogen and oxygen atoms in total. The van der Waals surface area contributed by atoms with Crippen LogP contribution in [0.5, 0.6) is 0 Å². The molecule has 1 saturated heterocycles. The third kappa shape index (κ3) is 3.82. The Bertz CT molecular complexity index is 1190. The SMILES string of the molecule is CO[C@H]1CC[C@]2(CC1)CN=Cc1cc3cnc(Nc4ccc(N5CCN(C)CC5)cn4)nc3n12. The van der Waals surface area contributed by atoms with Crippen LogP contribution in [-0.4, -0.2) is 83.6 Å². The smallest absolute Gasteiger partial charge is 0.230 e. The molecule has 2 aliphatic heterocycles. The summed E-state index contributed by atoms with van der Waals surface area (Å²) in [6, 6.07) is 6.28. The largest absolute Gasteiger partial charge is 0.381 e. The highest BCUT2D eigenvalue weighted by Gasteiger charge is 2.40. The molecular weight excluding hydrogens is 428 g/mol. The van der Waals surface area contributed by atoms with E-state index in [-0.39, 0.29) is 5.54 Å². The number of nitrogens with zero attached hydrogens (tertiary/aromatic N) is 7. The number of ether oxygens (including phenoxy) is 1. The van der Waals surface area contributed by atoms with E-state index in [1.165, 1.54) is 0 Å². The zero-order valence-corrected chi connectivity index (χ0v) is 19.9. The van der Waals surface area contributed by atoms with Gasteiger partial charge >= 0.3 is 0 Å². The number of anilines is 3. The summed E-state index contributed by atoms with van der Waals surface area (Å²) in [5, 5.41) is 4.35. The van der Waals surface area contributed by atoms with Crippen LogP contribution < -0.4 is 10.2 Å². The van der Waals surface area contributed by atoms with Crippen molar-refractivity contribution in [1.82, 2.24) is 24.4 Å². The third-order valence-corrected chi connectivity index (χ3v) is 7.71. The number of methoxy groups -OCH3 is 1. The molecule has 34 heavy (non-hydrogen) atoms. The van der Waals surface area contributed by atoms with Crippen LogP contribution in [-0.2, 0) is 10.3 Å². The number of aliphatic imine (C=N–C) groups is 1. The summed E-state index contributed by atoms with van der Waals surface area (Å²) in [5.74, 6) is 1.32. The van der Waals surface area contributed by atoms with Gasteiger partial charge in [0, 0.05) is 51.1 Å². The first-order valence-corrected chi connectivity index (χ1v) is 12.2. The molecule has 1 saturated carbocycles. The lowest BCUT2D eigenvalue weighted by Crippen LogP contribution is -2.44. The topological polar surface area (TPSA) is 83.7 Å². The predicted molar refractivity (Wildman–Crippen MR) is 134 cm³/mol. The minimum absolute atomic E-state index is 0.0328. The van der Waals surface area contributed by atoms with Crippen molar-refractivity contribution in [2.75, 3.05) is 57.1 Å². The lowest BCUT2D eigenvalue weighted by Gasteiger charge is -2.42. The van der Waals surface area contributed by atoms with Gasteiger partial charge < -0.3 is 24.4 Å². The number of aromatic nitrogens is 4. The maximum absolute atomic E-state index is 5.62. The molecule has 1 N–H and O–H groups in total. The van der Waals surface area contributed by atoms with Crippen molar-refractivity contribution in [2.45, 2.75) is 37.3 Å². The van der Waals surface area contributed by atoms with Gasteiger partial charge in [0.05, 0.1) is 35.8 Å². The zero-order chi connectivity index (χ0) is 23.1. The molecule has 5 heterocycles. The van der Waals surface area contributed by atoms with Crippen molar-refractivity contribution in [1.29, 1.82) is 0 Å². The van der Waals surface area contributed by atoms with E-state index in [0.717, 1.165) is 86.6 Å². The molecule has 3 aliphatic rings. The van der Waals surface area contributed by atoms with E-state index in [1.807, 2.05) is 31.8 Å². The predicted octanol–water partition coefficient (Wildman–Crippen LogP) is 3.04. The van der Waals surface area contributed by atoms with Gasteiger partial charge in [-0.05, 0) is 50.9 Å². The summed E-state index contributed by atoms with van der Waals surface area (Å²) in [6.45, 7) is 5.00. The first-order chi connectivity index (χ1) is 16.6. The Morgan fingerprint density at radius 2 is 1.88 bits per heavy atom. The van der Waals surface area contributed by atoms with Crippen LogP contribution in [0.3, 0.4) is 0 Å². The minimum atomic E-state index is -0.0328. The Morgan fingerprint density at radius 1 is 1.06 bits per heavy atom. The first kappa shape index (κ1) is 21.5. The van der Waals surface area contributed by atoms with Crippen LogP contribution in [0.1, 0.15) is 31.4 Å². The van der Waals surface area contributed by atoms with Gasteiger partial charge in [0.15, 0.2) is 0 Å². The van der Waals surface area contributed by atoms with Crippen LogP contribution >= 0.6 is 0 Å². The van der Waals surface area contributed by atoms with Gasteiger partial charge in [-0.3, -0.25) is 4.99 Å². The Hall–Kier alpha value is -3.04. The highest BCUT2D eigenvalue weighted by Crippen LogP contribution is 2.41. The molecule has 0 radical (unpaired) electrons. The lowest BCUT2D eigenvalue weighted by molar-refractivity contribution is 0.0335. The Morgan fingerprint density at radius 3 is 2.62 bits per heavy atom. The second-order valence-electron chi connectivity index (χ2n) is 9.82. The number of nitrogens with one attached hydrogen (secondary N) is 1. The molecule has 2 fully saturated rings. The maximum Gasteiger partial charge on any atom is 0.230 e. The molecule has 3 aromatic heterocycles. The first-order valence-electron chi connectivity index (χ1n) is 12.2. The molecule has 0 unspecified atom stereocenters. The van der Waals surface area contributed by atoms with Gasteiger partial charge in [0.1, 0.15) is 11.5 Å². The van der Waals surface area contributed by atoms with Crippen molar-refractivity contribution in [2.24, 2.45) is 4.99 Å². The van der Waals surface area contributed by atoms with E-state index < -0.39 is 0 Å². The van der Waals surface area contributed by atoms with Gasteiger partial charge in [-0.25, -0.2) is 9.97 Å². The number of likely N-dealkylation sites (N-methyl/N-ethyl adjacent to an activating group) is 1. The van der Waals surface area contributed by atoms with Crippen LogP contribution in [0.25, 0.3) is 11.0 Å². The normalized spacial score (nSPS) is 25.1. The van der Waals surface area contributed by atoms with Gasteiger partial charge in [-0.1, -0.05) is 0 Å². The van der Waals surface area contributed by atoms with Crippen LogP contribution in [0.15, 0.2) is 35.6 Å². The second-order valence-corrected chi connectivity index (χ2v) is 9.82. The van der Waals surface area contributed by atoms with Crippen molar-refractivity contribution in [3.8, 4) is 0 Å². The van der Waals surface area contributed by atoms with Gasteiger partial charge in [-0.15, -0.1) is 0 Å². The highest BCUT2D eigenvalue weighted by molar-refractivity contribution is 5.90. The number of rotatable bonds is 4. The van der Waals surface area contributed by atoms with E-state index in [1.54, 1.807) is 0 Å². The molecule has 3 aromatic rings. The van der Waals surface area contributed by atoms with Crippen molar-refractivity contribution in [3.05, 3.63) is 36.3 Å². The molecule has 0 atom stereocenters. The average Bonchev–Trinajstić information content (AvgIpc) is 3.25. The van der Waals surface area contributed by atoms with Crippen molar-refractivity contribution < 1.29 is 4.74 Å². The monoisotopic (exact) mass is 460 g/mol. The van der Waals surface area contributed by atoms with E-state index in [9.17, 15) is 0 Å². The lowest BCUT2D eigenvalue weighted by atomic mass is 9.79. The van der Waals surface area contributed by atoms with Crippen LogP contribution in [0.2, 0.25) is 0 Å². The number of piperazine rings is 1. The Kier molecular flexibility index (Phi) is 5.45. The van der Waals surface area contributed by atoms with E-state index in [2.05, 4.69) is 48.8 Å². The van der Waals surface area contributed by atoms with Crippen molar-refractivity contribution >= 4 is 34.7 Å². The number of hydrogen-bond donors (Lipinski definition) is 1. The summed E-state index contributed by atoms with van der Waals surface area (Å²) in [4.78, 5) is 23.6. The molecule has 0 amide bonds. The maximum atomic E-state index is 5.62. The minimum Gasteiger partial charge on any atom is -0.381 e. The molecule has 1 spiro atoms. The van der Waals surface area contributed by atoms with E-state index in [4.69, 9.17) is 14.7 Å². The standard InChI is InChI=1S/C25H32N8O/c1-31-9-11-32(12-10-31)19-3-4-22(27-16-19)29-24-28-14-18-13-20-15-26-17-25(33(20)23(18)30-24)7-5-21(34-2)6-8-25/h3-4,13-16,21H,5-12,17H2,1-2H3,(H,27,28,29,30)/t21-,25-. The van der Waals surface area contributed by atoms with E-state index in [0.29, 0.717) is 12.1 Å². The third-order valence-electron chi connectivity index (χ3n) is 7.71. The average molecular weight is 461 g/mol. The zero-order valence-electron chi connectivity index (χ0n) is 19.9. The molecule has 1 aliphatic carbocycles. The summed E-state index contributed by atoms with van der Waals surface area (Å²) in [5.41, 5.74) is 3.19. The van der Waals surface area contributed by atoms with Crippen LogP contribution in [0.4, 0.5) is 17.5 Å². The fraction of sp³-hybridized carbons (Fsp3) is 0.520. The molecular formula is C25H32N8O. The quantitative estimate of drug-likeness (QED) is 0.641. The van der Waals surface area contributed by atoms with Crippen molar-refractivity contribution in [3.63, 3.8) is 0 Å². The number of fused-ring (bicyclic) bond motifs is 4. The molecule has 0 aromatic carbocycles. The number of pyridine rings is 1. The summed E-state index contributed by atoms with van der Waals surface area (Å²) in [6.07, 6.45) is 10.3. The molecule has 178 valence electrons. The van der Waals surface area contributed by atoms with Gasteiger partial charge in [0.2, 0.25) is 5.95 Å². The fourth-order valence-corrected chi connectivity index (χ4v) is 5.62. The summed E-state index contributed by atoms with van der Waals surface area (Å²) >= 11 is 0. The van der Waals surface area contributed by atoms with E-state index >= 15 is 0 Å². The second kappa shape index (κ2) is 8.63. The number of hydrogen-bond acceptors (Lipinski definition) is 8. The fourth-order valence-electron chi connectivity index (χ4n) is 5.62. The Labute approximate surface area is 199 Å². The van der Waals surface area contributed by atoms with Gasteiger partial charge in [-0.2, -0.15) is 4.98 Å². The van der Waals surface area contributed by atoms with Crippen LogP contribution in [0, 0.1) is 0 Å². The Balaban J connectivity index is 1.25. The highest BCUT2D eigenvalue weighted by atomic mass is 16.5. The van der Waals surface area contributed by atoms with Gasteiger partial charge in [0.25, 0.3) is 0 Å². The molecule has 9 heteroatoms. The summed E-state index contributed by atoms with van der Waals surface area (Å²) < 4.78 is 8.02.